The minimum absolute atomic E-state index is 0.0840. The van der Waals surface area contributed by atoms with Crippen LogP contribution in [0.2, 0.25) is 5.02 Å². The van der Waals surface area contributed by atoms with Gasteiger partial charge in [-0.05, 0) is 34.1 Å². The molecule has 1 unspecified atom stereocenters. The lowest BCUT2D eigenvalue weighted by molar-refractivity contribution is 0.0762. The van der Waals surface area contributed by atoms with E-state index in [2.05, 4.69) is 22.9 Å². The van der Waals surface area contributed by atoms with Gasteiger partial charge in [-0.25, -0.2) is 0 Å². The number of hydrogen-bond donors (Lipinski definition) is 0. The molecule has 2 nitrogen and oxygen atoms in total. The predicted octanol–water partition coefficient (Wildman–Crippen LogP) is 3.68. The van der Waals surface area contributed by atoms with Crippen LogP contribution in [0.25, 0.3) is 0 Å². The van der Waals surface area contributed by atoms with Crippen molar-refractivity contribution in [1.29, 1.82) is 0 Å². The molecule has 1 atom stereocenters. The predicted molar refractivity (Wildman–Crippen MR) is 77.0 cm³/mol. The second kappa shape index (κ2) is 5.63. The molecule has 1 aliphatic heterocycles. The topological polar surface area (TPSA) is 20.3 Å². The molecule has 1 aromatic rings. The lowest BCUT2D eigenvalue weighted by atomic mass is 10.2. The second-order valence-corrected chi connectivity index (χ2v) is 6.89. The minimum Gasteiger partial charge on any atom is -0.337 e. The van der Waals surface area contributed by atoms with Crippen molar-refractivity contribution in [2.45, 2.75) is 12.2 Å². The molecule has 0 aromatic heterocycles. The molecule has 1 saturated heterocycles. The molecule has 0 radical (unpaired) electrons. The fraction of sp³-hybridized carbons (Fsp3) is 0.417. The third-order valence-corrected chi connectivity index (χ3v) is 4.72. The van der Waals surface area contributed by atoms with E-state index in [1.165, 1.54) is 0 Å². The molecule has 0 N–H and O–H groups in total. The molecule has 0 aliphatic carbocycles. The van der Waals surface area contributed by atoms with Crippen LogP contribution in [0, 0.1) is 0 Å². The Morgan fingerprint density at radius 2 is 2.35 bits per heavy atom. The van der Waals surface area contributed by atoms with Gasteiger partial charge in [0.2, 0.25) is 0 Å². The van der Waals surface area contributed by atoms with E-state index in [0.717, 1.165) is 23.3 Å². The molecule has 1 amide bonds. The number of amides is 1. The number of benzene rings is 1. The Kier molecular flexibility index (Phi) is 4.39. The first-order valence-corrected chi connectivity index (χ1v) is 7.66. The summed E-state index contributed by atoms with van der Waals surface area (Å²) in [4.78, 5) is 14.2. The lowest BCUT2D eigenvalue weighted by Gasteiger charge is -2.30. The van der Waals surface area contributed by atoms with Crippen LogP contribution in [0.4, 0.5) is 0 Å². The average molecular weight is 335 g/mol. The number of nitrogens with zero attached hydrogens (tertiary/aromatic N) is 1. The second-order valence-electron chi connectivity index (χ2n) is 4.06. The molecule has 5 heteroatoms. The number of carbonyl (C=O) groups excluding carboxylic acids is 1. The Labute approximate surface area is 119 Å². The zero-order valence-corrected chi connectivity index (χ0v) is 12.6. The van der Waals surface area contributed by atoms with Crippen molar-refractivity contribution in [3.8, 4) is 0 Å². The SMILES string of the molecule is CC1CN(C(=O)c2ccc(Cl)cc2Br)CCS1. The number of rotatable bonds is 1. The highest BCUT2D eigenvalue weighted by Crippen LogP contribution is 2.25. The number of carbonyl (C=O) groups is 1. The standard InChI is InChI=1S/C12H13BrClNOS/c1-8-7-15(4-5-17-8)12(16)10-3-2-9(14)6-11(10)13/h2-3,6,8H,4-5,7H2,1H3. The normalized spacial score (nSPS) is 20.4. The highest BCUT2D eigenvalue weighted by molar-refractivity contribution is 9.10. The smallest absolute Gasteiger partial charge is 0.255 e. The zero-order valence-electron chi connectivity index (χ0n) is 9.45. The summed E-state index contributed by atoms with van der Waals surface area (Å²) in [6.07, 6.45) is 0. The highest BCUT2D eigenvalue weighted by Gasteiger charge is 2.23. The average Bonchev–Trinajstić information content (AvgIpc) is 2.28. The molecular formula is C12H13BrClNOS. The van der Waals surface area contributed by atoms with Gasteiger partial charge >= 0.3 is 0 Å². The summed E-state index contributed by atoms with van der Waals surface area (Å²) in [7, 11) is 0. The molecule has 1 heterocycles. The maximum atomic E-state index is 12.3. The van der Waals surface area contributed by atoms with Gasteiger partial charge in [-0.15, -0.1) is 0 Å². The van der Waals surface area contributed by atoms with Gasteiger partial charge in [0.05, 0.1) is 5.56 Å². The van der Waals surface area contributed by atoms with Gasteiger partial charge in [0, 0.05) is 33.6 Å². The third kappa shape index (κ3) is 3.18. The van der Waals surface area contributed by atoms with E-state index in [4.69, 9.17) is 11.6 Å². The fourth-order valence-electron chi connectivity index (χ4n) is 1.84. The molecule has 2 rings (SSSR count). The Bertz CT molecular complexity index is 441. The van der Waals surface area contributed by atoms with Gasteiger partial charge in [-0.1, -0.05) is 18.5 Å². The number of halogens is 2. The van der Waals surface area contributed by atoms with E-state index in [1.807, 2.05) is 16.7 Å². The van der Waals surface area contributed by atoms with E-state index >= 15 is 0 Å². The van der Waals surface area contributed by atoms with Crippen molar-refractivity contribution in [2.24, 2.45) is 0 Å². The molecule has 0 saturated carbocycles. The van der Waals surface area contributed by atoms with E-state index in [1.54, 1.807) is 18.2 Å². The molecule has 0 spiro atoms. The highest BCUT2D eigenvalue weighted by atomic mass is 79.9. The maximum Gasteiger partial charge on any atom is 0.255 e. The summed E-state index contributed by atoms with van der Waals surface area (Å²) in [6.45, 7) is 3.79. The lowest BCUT2D eigenvalue weighted by Crippen LogP contribution is -2.41. The first-order chi connectivity index (χ1) is 8.08. The van der Waals surface area contributed by atoms with Crippen molar-refractivity contribution < 1.29 is 4.79 Å². The van der Waals surface area contributed by atoms with Crippen LogP contribution >= 0.6 is 39.3 Å². The number of thioether (sulfide) groups is 1. The largest absolute Gasteiger partial charge is 0.337 e. The Hall–Kier alpha value is -0.190. The molecule has 17 heavy (non-hydrogen) atoms. The van der Waals surface area contributed by atoms with Crippen molar-refractivity contribution in [3.63, 3.8) is 0 Å². The molecule has 92 valence electrons. The summed E-state index contributed by atoms with van der Waals surface area (Å²) < 4.78 is 0.765. The van der Waals surface area contributed by atoms with Gasteiger partial charge in [0.15, 0.2) is 0 Å². The van der Waals surface area contributed by atoms with Crippen molar-refractivity contribution in [3.05, 3.63) is 33.3 Å². The monoisotopic (exact) mass is 333 g/mol. The molecule has 0 bridgehead atoms. The van der Waals surface area contributed by atoms with E-state index < -0.39 is 0 Å². The number of hydrogen-bond acceptors (Lipinski definition) is 2. The zero-order chi connectivity index (χ0) is 12.4. The van der Waals surface area contributed by atoms with Crippen LogP contribution in [0.5, 0.6) is 0 Å². The van der Waals surface area contributed by atoms with Crippen LogP contribution < -0.4 is 0 Å². The third-order valence-electron chi connectivity index (χ3n) is 2.69. The first-order valence-electron chi connectivity index (χ1n) is 5.44. The van der Waals surface area contributed by atoms with Crippen molar-refractivity contribution >= 4 is 45.2 Å². The van der Waals surface area contributed by atoms with Crippen LogP contribution in [-0.4, -0.2) is 34.9 Å². The maximum absolute atomic E-state index is 12.3. The molecule has 1 aromatic carbocycles. The minimum atomic E-state index is 0.0840. The summed E-state index contributed by atoms with van der Waals surface area (Å²) in [6, 6.07) is 5.29. The van der Waals surface area contributed by atoms with Crippen LogP contribution in [-0.2, 0) is 0 Å². The molecular weight excluding hydrogens is 322 g/mol. The van der Waals surface area contributed by atoms with Gasteiger partial charge in [-0.3, -0.25) is 4.79 Å². The Balaban J connectivity index is 2.18. The van der Waals surface area contributed by atoms with Crippen LogP contribution in [0.3, 0.4) is 0 Å². The summed E-state index contributed by atoms with van der Waals surface area (Å²) in [5, 5.41) is 1.15. The molecule has 1 aliphatic rings. The molecule has 1 fully saturated rings. The summed E-state index contributed by atoms with van der Waals surface area (Å²) in [5.41, 5.74) is 0.688. The van der Waals surface area contributed by atoms with Gasteiger partial charge in [0.1, 0.15) is 0 Å². The quantitative estimate of drug-likeness (QED) is 0.781. The van der Waals surface area contributed by atoms with E-state index in [0.29, 0.717) is 15.8 Å². The van der Waals surface area contributed by atoms with Gasteiger partial charge < -0.3 is 4.90 Å². The van der Waals surface area contributed by atoms with Gasteiger partial charge in [0.25, 0.3) is 5.91 Å². The van der Waals surface area contributed by atoms with Crippen molar-refractivity contribution in [1.82, 2.24) is 4.90 Å². The fourth-order valence-corrected chi connectivity index (χ4v) is 3.70. The first kappa shape index (κ1) is 13.2. The van der Waals surface area contributed by atoms with E-state index in [-0.39, 0.29) is 5.91 Å². The van der Waals surface area contributed by atoms with Crippen LogP contribution in [0.15, 0.2) is 22.7 Å². The van der Waals surface area contributed by atoms with E-state index in [9.17, 15) is 4.79 Å². The summed E-state index contributed by atoms with van der Waals surface area (Å²) in [5.74, 6) is 1.10. The van der Waals surface area contributed by atoms with Crippen LogP contribution in [0.1, 0.15) is 17.3 Å². The Morgan fingerprint density at radius 1 is 1.59 bits per heavy atom. The van der Waals surface area contributed by atoms with Crippen molar-refractivity contribution in [2.75, 3.05) is 18.8 Å². The summed E-state index contributed by atoms with van der Waals surface area (Å²) >= 11 is 11.2. The Morgan fingerprint density at radius 3 is 3.00 bits per heavy atom. The van der Waals surface area contributed by atoms with Gasteiger partial charge in [-0.2, -0.15) is 11.8 Å².